The lowest BCUT2D eigenvalue weighted by atomic mass is 9.48. The number of carbonyl (C=O) groups is 1. The van der Waals surface area contributed by atoms with Gasteiger partial charge in [0.15, 0.2) is 5.78 Å². The molecule has 4 aliphatic carbocycles. The molecular formula is C19H25NO. The van der Waals surface area contributed by atoms with Crippen LogP contribution in [0.2, 0.25) is 0 Å². The molecule has 4 fully saturated rings. The van der Waals surface area contributed by atoms with E-state index in [1.807, 2.05) is 24.3 Å². The molecule has 4 bridgehead atoms. The van der Waals surface area contributed by atoms with E-state index in [1.165, 1.54) is 38.5 Å². The first-order valence-electron chi connectivity index (χ1n) is 8.48. The van der Waals surface area contributed by atoms with E-state index in [0.717, 1.165) is 35.3 Å². The average molecular weight is 283 g/mol. The Morgan fingerprint density at radius 2 is 1.71 bits per heavy atom. The third-order valence-electron chi connectivity index (χ3n) is 6.19. The fourth-order valence-corrected chi connectivity index (χ4v) is 5.82. The van der Waals surface area contributed by atoms with Crippen molar-refractivity contribution in [2.45, 2.75) is 51.5 Å². The Kier molecular flexibility index (Phi) is 3.18. The zero-order chi connectivity index (χ0) is 14.4. The molecule has 0 aliphatic heterocycles. The van der Waals surface area contributed by atoms with E-state index in [2.05, 4.69) is 0 Å². The van der Waals surface area contributed by atoms with Crippen molar-refractivity contribution in [1.82, 2.24) is 0 Å². The second-order valence-electron chi connectivity index (χ2n) is 7.92. The van der Waals surface area contributed by atoms with Gasteiger partial charge in [-0.3, -0.25) is 4.79 Å². The Balaban J connectivity index is 1.54. The lowest BCUT2D eigenvalue weighted by Gasteiger charge is -2.56. The van der Waals surface area contributed by atoms with Crippen LogP contribution in [0.5, 0.6) is 0 Å². The number of hydrogen-bond donors (Lipinski definition) is 1. The van der Waals surface area contributed by atoms with Gasteiger partial charge in [0.1, 0.15) is 0 Å². The molecule has 0 heterocycles. The fourth-order valence-electron chi connectivity index (χ4n) is 5.82. The van der Waals surface area contributed by atoms with Crippen LogP contribution in [0, 0.1) is 23.2 Å². The largest absolute Gasteiger partial charge is 0.326 e. The molecular weight excluding hydrogens is 258 g/mol. The molecule has 0 atom stereocenters. The van der Waals surface area contributed by atoms with Crippen molar-refractivity contribution in [3.63, 3.8) is 0 Å². The minimum absolute atomic E-state index is 0.338. The lowest BCUT2D eigenvalue weighted by molar-refractivity contribution is -0.0524. The number of benzene rings is 1. The monoisotopic (exact) mass is 283 g/mol. The first-order valence-corrected chi connectivity index (χ1v) is 8.48. The first-order chi connectivity index (χ1) is 10.2. The Morgan fingerprint density at radius 3 is 2.29 bits per heavy atom. The number of rotatable bonds is 4. The zero-order valence-electron chi connectivity index (χ0n) is 12.7. The van der Waals surface area contributed by atoms with Crippen molar-refractivity contribution in [2.75, 3.05) is 0 Å². The van der Waals surface area contributed by atoms with E-state index in [-0.39, 0.29) is 0 Å². The molecule has 0 spiro atoms. The van der Waals surface area contributed by atoms with Gasteiger partial charge < -0.3 is 5.73 Å². The van der Waals surface area contributed by atoms with Gasteiger partial charge in [0, 0.05) is 18.5 Å². The van der Waals surface area contributed by atoms with Gasteiger partial charge in [-0.2, -0.15) is 0 Å². The SMILES string of the molecule is NCc1cccc(C(=O)CC23CC4CC(CC(C4)C2)C3)c1. The molecule has 0 saturated heterocycles. The molecule has 21 heavy (non-hydrogen) atoms. The van der Waals surface area contributed by atoms with Gasteiger partial charge in [-0.1, -0.05) is 18.2 Å². The summed E-state index contributed by atoms with van der Waals surface area (Å²) in [6.07, 6.45) is 9.01. The van der Waals surface area contributed by atoms with Crippen LogP contribution in [-0.4, -0.2) is 5.78 Å². The second-order valence-corrected chi connectivity index (χ2v) is 7.92. The normalized spacial score (nSPS) is 36.9. The third-order valence-corrected chi connectivity index (χ3v) is 6.19. The number of Topliss-reactive ketones (excluding diaryl/α,β-unsaturated/α-hetero) is 1. The highest BCUT2D eigenvalue weighted by Crippen LogP contribution is 2.61. The molecule has 0 amide bonds. The smallest absolute Gasteiger partial charge is 0.163 e. The summed E-state index contributed by atoms with van der Waals surface area (Å²) in [6, 6.07) is 7.92. The highest BCUT2D eigenvalue weighted by atomic mass is 16.1. The molecule has 0 aromatic heterocycles. The van der Waals surface area contributed by atoms with Crippen LogP contribution in [0.3, 0.4) is 0 Å². The quantitative estimate of drug-likeness (QED) is 0.851. The Hall–Kier alpha value is -1.15. The molecule has 112 valence electrons. The van der Waals surface area contributed by atoms with E-state index in [1.54, 1.807) is 0 Å². The zero-order valence-corrected chi connectivity index (χ0v) is 12.7. The van der Waals surface area contributed by atoms with Crippen LogP contribution in [-0.2, 0) is 6.54 Å². The van der Waals surface area contributed by atoms with Crippen molar-refractivity contribution in [1.29, 1.82) is 0 Å². The van der Waals surface area contributed by atoms with Crippen LogP contribution < -0.4 is 5.73 Å². The van der Waals surface area contributed by atoms with Gasteiger partial charge >= 0.3 is 0 Å². The summed E-state index contributed by atoms with van der Waals surface area (Å²) in [5, 5.41) is 0. The summed E-state index contributed by atoms with van der Waals surface area (Å²) >= 11 is 0. The molecule has 1 aromatic carbocycles. The van der Waals surface area contributed by atoms with Crippen LogP contribution >= 0.6 is 0 Å². The maximum Gasteiger partial charge on any atom is 0.163 e. The van der Waals surface area contributed by atoms with Crippen molar-refractivity contribution < 1.29 is 4.79 Å². The highest BCUT2D eigenvalue weighted by Gasteiger charge is 2.51. The number of carbonyl (C=O) groups excluding carboxylic acids is 1. The van der Waals surface area contributed by atoms with Crippen LogP contribution in [0.1, 0.15) is 60.9 Å². The van der Waals surface area contributed by atoms with Crippen molar-refractivity contribution in [3.05, 3.63) is 35.4 Å². The molecule has 4 aliphatic rings. The van der Waals surface area contributed by atoms with Crippen LogP contribution in [0.25, 0.3) is 0 Å². The van der Waals surface area contributed by atoms with Crippen LogP contribution in [0.15, 0.2) is 24.3 Å². The topological polar surface area (TPSA) is 43.1 Å². The molecule has 0 radical (unpaired) electrons. The van der Waals surface area contributed by atoms with Gasteiger partial charge in [0.2, 0.25) is 0 Å². The van der Waals surface area contributed by atoms with Crippen molar-refractivity contribution >= 4 is 5.78 Å². The summed E-state index contributed by atoms with van der Waals surface area (Å²) in [4.78, 5) is 12.8. The second kappa shape index (κ2) is 4.95. The third kappa shape index (κ3) is 2.44. The van der Waals surface area contributed by atoms with E-state index in [9.17, 15) is 4.79 Å². The van der Waals surface area contributed by atoms with Gasteiger partial charge in [-0.15, -0.1) is 0 Å². The number of ketones is 1. The Labute approximate surface area is 127 Å². The number of nitrogens with two attached hydrogens (primary N) is 1. The first kappa shape index (κ1) is 13.5. The maximum atomic E-state index is 12.8. The average Bonchev–Trinajstić information content (AvgIpc) is 2.45. The summed E-state index contributed by atoms with van der Waals surface area (Å²) in [5.74, 6) is 3.09. The lowest BCUT2D eigenvalue weighted by Crippen LogP contribution is -2.46. The summed E-state index contributed by atoms with van der Waals surface area (Å²) in [6.45, 7) is 0.512. The predicted octanol–water partition coefficient (Wildman–Crippen LogP) is 3.93. The van der Waals surface area contributed by atoms with Gasteiger partial charge in [0.05, 0.1) is 0 Å². The molecule has 5 rings (SSSR count). The van der Waals surface area contributed by atoms with E-state index in [0.29, 0.717) is 17.7 Å². The minimum atomic E-state index is 0.338. The Bertz CT molecular complexity index is 527. The fraction of sp³-hybridized carbons (Fsp3) is 0.632. The maximum absolute atomic E-state index is 12.8. The molecule has 1 aromatic rings. The molecule has 2 N–H and O–H groups in total. The molecule has 0 unspecified atom stereocenters. The van der Waals surface area contributed by atoms with Gasteiger partial charge in [-0.25, -0.2) is 0 Å². The summed E-state index contributed by atoms with van der Waals surface area (Å²) < 4.78 is 0. The molecule has 2 nitrogen and oxygen atoms in total. The van der Waals surface area contributed by atoms with Gasteiger partial charge in [0.25, 0.3) is 0 Å². The van der Waals surface area contributed by atoms with E-state index in [4.69, 9.17) is 5.73 Å². The van der Waals surface area contributed by atoms with Crippen molar-refractivity contribution in [3.8, 4) is 0 Å². The predicted molar refractivity (Wildman–Crippen MR) is 83.9 cm³/mol. The Morgan fingerprint density at radius 1 is 1.10 bits per heavy atom. The van der Waals surface area contributed by atoms with E-state index < -0.39 is 0 Å². The van der Waals surface area contributed by atoms with Crippen LogP contribution in [0.4, 0.5) is 0 Å². The summed E-state index contributed by atoms with van der Waals surface area (Å²) in [5.41, 5.74) is 7.96. The number of hydrogen-bond acceptors (Lipinski definition) is 2. The van der Waals surface area contributed by atoms with Crippen molar-refractivity contribution in [2.24, 2.45) is 28.9 Å². The highest BCUT2D eigenvalue weighted by molar-refractivity contribution is 5.96. The molecule has 4 saturated carbocycles. The summed E-state index contributed by atoms with van der Waals surface area (Å²) in [7, 11) is 0. The standard InChI is InChI=1S/C19H25NO/c20-12-13-2-1-3-17(7-13)18(21)11-19-8-14-4-15(9-19)6-16(5-14)10-19/h1-3,7,14-16H,4-6,8-12,20H2. The van der Waals surface area contributed by atoms with E-state index >= 15 is 0 Å². The minimum Gasteiger partial charge on any atom is -0.326 e. The van der Waals surface area contributed by atoms with Gasteiger partial charge in [-0.05, 0) is 73.3 Å². The molecule has 2 heteroatoms.